The third kappa shape index (κ3) is 3.86. The number of hydrogen-bond donors (Lipinski definition) is 3. The van der Waals surface area contributed by atoms with Crippen LogP contribution in [0.25, 0.3) is 0 Å². The molecule has 1 aromatic heterocycles. The molecule has 0 aliphatic rings. The molecule has 0 saturated heterocycles. The Labute approximate surface area is 82.6 Å². The summed E-state index contributed by atoms with van der Waals surface area (Å²) in [7, 11) is 0. The zero-order valence-electron chi connectivity index (χ0n) is 7.92. The predicted molar refractivity (Wildman–Crippen MR) is 53.5 cm³/mol. The maximum Gasteiger partial charge on any atom is 0.234 e. The molecule has 0 spiro atoms. The van der Waals surface area contributed by atoms with E-state index in [9.17, 15) is 4.79 Å². The fourth-order valence-corrected chi connectivity index (χ4v) is 0.925. The smallest absolute Gasteiger partial charge is 0.234 e. The lowest BCUT2D eigenvalue weighted by Crippen LogP contribution is -2.33. The summed E-state index contributed by atoms with van der Waals surface area (Å²) in [5, 5.41) is 12.1. The van der Waals surface area contributed by atoms with Gasteiger partial charge in [0, 0.05) is 24.8 Å². The van der Waals surface area contributed by atoms with Crippen molar-refractivity contribution in [1.82, 2.24) is 20.8 Å². The number of carbonyl (C=O) groups excluding carboxylic acids is 1. The molecule has 5 nitrogen and oxygen atoms in total. The molecular formula is C9H14N4O. The van der Waals surface area contributed by atoms with E-state index in [-0.39, 0.29) is 5.91 Å². The minimum atomic E-state index is -0.0342. The molecule has 0 atom stereocenters. The van der Waals surface area contributed by atoms with E-state index < -0.39 is 0 Å². The van der Waals surface area contributed by atoms with E-state index in [1.54, 1.807) is 18.5 Å². The second-order valence-corrected chi connectivity index (χ2v) is 2.80. The van der Waals surface area contributed by atoms with Gasteiger partial charge in [-0.25, -0.2) is 0 Å². The fourth-order valence-electron chi connectivity index (χ4n) is 0.925. The van der Waals surface area contributed by atoms with Crippen molar-refractivity contribution in [1.29, 1.82) is 0 Å². The first kappa shape index (κ1) is 10.5. The van der Waals surface area contributed by atoms with Gasteiger partial charge in [-0.15, -0.1) is 6.58 Å². The second-order valence-electron chi connectivity index (χ2n) is 2.80. The van der Waals surface area contributed by atoms with Crippen LogP contribution in [0.4, 0.5) is 0 Å². The Morgan fingerprint density at radius 1 is 1.71 bits per heavy atom. The van der Waals surface area contributed by atoms with Crippen LogP contribution in [-0.2, 0) is 11.3 Å². The summed E-state index contributed by atoms with van der Waals surface area (Å²) in [6.07, 6.45) is 5.14. The largest absolute Gasteiger partial charge is 0.351 e. The lowest BCUT2D eigenvalue weighted by atomic mass is 10.3. The highest BCUT2D eigenvalue weighted by Crippen LogP contribution is 1.90. The molecule has 0 radical (unpaired) electrons. The second kappa shape index (κ2) is 5.93. The molecule has 0 aromatic carbocycles. The molecule has 1 amide bonds. The average molecular weight is 194 g/mol. The molecule has 76 valence electrons. The van der Waals surface area contributed by atoms with Gasteiger partial charge in [0.15, 0.2) is 0 Å². The van der Waals surface area contributed by atoms with E-state index in [1.807, 2.05) is 0 Å². The van der Waals surface area contributed by atoms with Gasteiger partial charge in [0.25, 0.3) is 0 Å². The van der Waals surface area contributed by atoms with E-state index in [1.165, 1.54) is 0 Å². The van der Waals surface area contributed by atoms with Crippen LogP contribution in [0.15, 0.2) is 25.0 Å². The van der Waals surface area contributed by atoms with E-state index in [0.717, 1.165) is 5.56 Å². The number of aromatic amines is 1. The average Bonchev–Trinajstić information content (AvgIpc) is 2.68. The summed E-state index contributed by atoms with van der Waals surface area (Å²) >= 11 is 0. The Morgan fingerprint density at radius 3 is 3.21 bits per heavy atom. The number of aromatic nitrogens is 2. The van der Waals surface area contributed by atoms with Crippen molar-refractivity contribution in [3.8, 4) is 0 Å². The summed E-state index contributed by atoms with van der Waals surface area (Å²) in [6.45, 7) is 4.99. The number of hydrogen-bond acceptors (Lipinski definition) is 3. The maximum atomic E-state index is 11.2. The van der Waals surface area contributed by atoms with Crippen molar-refractivity contribution < 1.29 is 4.79 Å². The molecule has 5 heteroatoms. The lowest BCUT2D eigenvalue weighted by molar-refractivity contribution is -0.120. The standard InChI is InChI=1S/C9H14N4O/c1-2-3-10-7-9(14)11-4-8-5-12-13-6-8/h2,5-6,10H,1,3-4,7H2,(H,11,14)(H,12,13). The van der Waals surface area contributed by atoms with E-state index >= 15 is 0 Å². The molecular weight excluding hydrogens is 180 g/mol. The van der Waals surface area contributed by atoms with Gasteiger partial charge in [0.2, 0.25) is 5.91 Å². The highest BCUT2D eigenvalue weighted by Gasteiger charge is 1.99. The van der Waals surface area contributed by atoms with Crippen LogP contribution in [0.2, 0.25) is 0 Å². The van der Waals surface area contributed by atoms with Gasteiger partial charge < -0.3 is 10.6 Å². The highest BCUT2D eigenvalue weighted by molar-refractivity contribution is 5.77. The van der Waals surface area contributed by atoms with Gasteiger partial charge in [-0.3, -0.25) is 9.89 Å². The monoisotopic (exact) mass is 194 g/mol. The first-order valence-electron chi connectivity index (χ1n) is 4.39. The molecule has 14 heavy (non-hydrogen) atoms. The quantitative estimate of drug-likeness (QED) is 0.434. The van der Waals surface area contributed by atoms with Gasteiger partial charge >= 0.3 is 0 Å². The minimum Gasteiger partial charge on any atom is -0.351 e. The molecule has 0 saturated carbocycles. The van der Waals surface area contributed by atoms with Gasteiger partial charge in [-0.05, 0) is 0 Å². The molecule has 0 fully saturated rings. The first-order valence-corrected chi connectivity index (χ1v) is 4.39. The molecule has 0 aliphatic carbocycles. The van der Waals surface area contributed by atoms with Crippen molar-refractivity contribution >= 4 is 5.91 Å². The number of rotatable bonds is 6. The Balaban J connectivity index is 2.12. The SMILES string of the molecule is C=CCNCC(=O)NCc1cn[nH]c1. The van der Waals surface area contributed by atoms with E-state index in [4.69, 9.17) is 0 Å². The highest BCUT2D eigenvalue weighted by atomic mass is 16.1. The van der Waals surface area contributed by atoms with E-state index in [2.05, 4.69) is 27.4 Å². The van der Waals surface area contributed by atoms with Crippen molar-refractivity contribution in [3.63, 3.8) is 0 Å². The Kier molecular flexibility index (Phi) is 4.43. The molecule has 1 heterocycles. The summed E-state index contributed by atoms with van der Waals surface area (Å²) < 4.78 is 0. The van der Waals surface area contributed by atoms with Crippen molar-refractivity contribution in [2.24, 2.45) is 0 Å². The molecule has 0 aliphatic heterocycles. The third-order valence-electron chi connectivity index (χ3n) is 1.62. The van der Waals surface area contributed by atoms with Crippen LogP contribution >= 0.6 is 0 Å². The number of carbonyl (C=O) groups is 1. The molecule has 0 unspecified atom stereocenters. The number of amides is 1. The van der Waals surface area contributed by atoms with Crippen molar-refractivity contribution in [2.45, 2.75) is 6.54 Å². The van der Waals surface area contributed by atoms with Crippen LogP contribution in [0, 0.1) is 0 Å². The van der Waals surface area contributed by atoms with Crippen LogP contribution < -0.4 is 10.6 Å². The van der Waals surface area contributed by atoms with Crippen LogP contribution in [0.1, 0.15) is 5.56 Å². The summed E-state index contributed by atoms with van der Waals surface area (Å²) in [4.78, 5) is 11.2. The summed E-state index contributed by atoms with van der Waals surface area (Å²) in [6, 6.07) is 0. The van der Waals surface area contributed by atoms with Crippen LogP contribution in [0.5, 0.6) is 0 Å². The van der Waals surface area contributed by atoms with Gasteiger partial charge in [-0.2, -0.15) is 5.10 Å². The Hall–Kier alpha value is -1.62. The van der Waals surface area contributed by atoms with Gasteiger partial charge in [0.05, 0.1) is 12.7 Å². The number of nitrogens with zero attached hydrogens (tertiary/aromatic N) is 1. The van der Waals surface area contributed by atoms with Gasteiger partial charge in [0.1, 0.15) is 0 Å². The summed E-state index contributed by atoms with van der Waals surface area (Å²) in [5.41, 5.74) is 0.960. The maximum absolute atomic E-state index is 11.2. The Bertz CT molecular complexity index is 281. The zero-order valence-corrected chi connectivity index (χ0v) is 7.92. The normalized spacial score (nSPS) is 9.71. The van der Waals surface area contributed by atoms with Crippen molar-refractivity contribution in [3.05, 3.63) is 30.6 Å². The van der Waals surface area contributed by atoms with Crippen LogP contribution in [0.3, 0.4) is 0 Å². The predicted octanol–water partition coefficient (Wildman–Crippen LogP) is -0.199. The molecule has 0 bridgehead atoms. The summed E-state index contributed by atoms with van der Waals surface area (Å²) in [5.74, 6) is -0.0342. The first-order chi connectivity index (χ1) is 6.83. The minimum absolute atomic E-state index is 0.0342. The zero-order chi connectivity index (χ0) is 10.2. The van der Waals surface area contributed by atoms with Crippen LogP contribution in [-0.4, -0.2) is 29.2 Å². The fraction of sp³-hybridized carbons (Fsp3) is 0.333. The number of H-pyrrole nitrogens is 1. The van der Waals surface area contributed by atoms with Gasteiger partial charge in [-0.1, -0.05) is 6.08 Å². The van der Waals surface area contributed by atoms with Crippen molar-refractivity contribution in [2.75, 3.05) is 13.1 Å². The Morgan fingerprint density at radius 2 is 2.57 bits per heavy atom. The molecule has 1 aromatic rings. The van der Waals surface area contributed by atoms with E-state index in [0.29, 0.717) is 19.6 Å². The molecule has 3 N–H and O–H groups in total. The number of nitrogens with one attached hydrogen (secondary N) is 3. The lowest BCUT2D eigenvalue weighted by Gasteiger charge is -2.03. The topological polar surface area (TPSA) is 69.8 Å². The third-order valence-corrected chi connectivity index (χ3v) is 1.62. The molecule has 1 rings (SSSR count).